The summed E-state index contributed by atoms with van der Waals surface area (Å²) in [6, 6.07) is 10.1. The molecule has 0 bridgehead atoms. The van der Waals surface area contributed by atoms with E-state index in [1.54, 1.807) is 12.4 Å². The highest BCUT2D eigenvalue weighted by Crippen LogP contribution is 2.15. The highest BCUT2D eigenvalue weighted by atomic mass is 14.8. The summed E-state index contributed by atoms with van der Waals surface area (Å²) in [7, 11) is 0. The molecule has 2 rings (SSSR count). The van der Waals surface area contributed by atoms with Crippen molar-refractivity contribution in [3.8, 4) is 11.4 Å². The standard InChI is InChI=1S/C13H13N2/c1-2-4-11-5-7-12(8-6-11)13-14-9-3-10-15-13/h3,5-10H,1-2,4H2. The normalized spacial score (nSPS) is 10.2. The molecule has 0 aliphatic heterocycles. The molecule has 2 nitrogen and oxygen atoms in total. The molecule has 0 saturated heterocycles. The van der Waals surface area contributed by atoms with Gasteiger partial charge in [-0.3, -0.25) is 0 Å². The second kappa shape index (κ2) is 4.69. The zero-order chi connectivity index (χ0) is 10.5. The maximum absolute atomic E-state index is 4.20. The van der Waals surface area contributed by atoms with Gasteiger partial charge in [-0.15, -0.1) is 0 Å². The second-order valence-corrected chi connectivity index (χ2v) is 3.37. The summed E-state index contributed by atoms with van der Waals surface area (Å²) in [6.07, 6.45) is 5.47. The van der Waals surface area contributed by atoms with Crippen LogP contribution in [0, 0.1) is 6.92 Å². The van der Waals surface area contributed by atoms with Crippen molar-refractivity contribution in [3.63, 3.8) is 0 Å². The van der Waals surface area contributed by atoms with E-state index < -0.39 is 0 Å². The first-order chi connectivity index (χ1) is 7.40. The van der Waals surface area contributed by atoms with Crippen molar-refractivity contribution < 1.29 is 0 Å². The van der Waals surface area contributed by atoms with Crippen LogP contribution in [0.1, 0.15) is 12.0 Å². The molecule has 15 heavy (non-hydrogen) atoms. The quantitative estimate of drug-likeness (QED) is 0.756. The lowest BCUT2D eigenvalue weighted by Gasteiger charge is -2.01. The Morgan fingerprint density at radius 2 is 1.67 bits per heavy atom. The fraction of sp³-hybridized carbons (Fsp3) is 0.154. The van der Waals surface area contributed by atoms with Crippen LogP contribution in [0.5, 0.6) is 0 Å². The third kappa shape index (κ3) is 2.40. The summed E-state index contributed by atoms with van der Waals surface area (Å²) in [5, 5.41) is 0. The molecule has 75 valence electrons. The summed E-state index contributed by atoms with van der Waals surface area (Å²) in [5.41, 5.74) is 2.37. The van der Waals surface area contributed by atoms with Gasteiger partial charge in [0.1, 0.15) is 0 Å². The van der Waals surface area contributed by atoms with E-state index in [-0.39, 0.29) is 0 Å². The fourth-order valence-electron chi connectivity index (χ4n) is 1.47. The van der Waals surface area contributed by atoms with Gasteiger partial charge in [-0.05, 0) is 24.5 Å². The van der Waals surface area contributed by atoms with Crippen molar-refractivity contribution in [2.75, 3.05) is 0 Å². The van der Waals surface area contributed by atoms with Crippen LogP contribution in [0.15, 0.2) is 42.7 Å². The van der Waals surface area contributed by atoms with Crippen LogP contribution in [0.25, 0.3) is 11.4 Å². The minimum Gasteiger partial charge on any atom is -0.237 e. The van der Waals surface area contributed by atoms with Gasteiger partial charge in [0.15, 0.2) is 5.82 Å². The molecule has 0 unspecified atom stereocenters. The van der Waals surface area contributed by atoms with Gasteiger partial charge in [0.05, 0.1) is 0 Å². The second-order valence-electron chi connectivity index (χ2n) is 3.37. The SMILES string of the molecule is [CH2]CCc1ccc(-c2ncccn2)cc1. The Bertz CT molecular complexity index is 406. The van der Waals surface area contributed by atoms with Crippen molar-refractivity contribution in [2.45, 2.75) is 12.8 Å². The van der Waals surface area contributed by atoms with Gasteiger partial charge in [-0.25, -0.2) is 9.97 Å². The molecule has 0 spiro atoms. The van der Waals surface area contributed by atoms with E-state index in [1.165, 1.54) is 5.56 Å². The summed E-state index contributed by atoms with van der Waals surface area (Å²) in [4.78, 5) is 8.40. The Hall–Kier alpha value is -1.70. The zero-order valence-electron chi connectivity index (χ0n) is 8.56. The Labute approximate surface area is 90.0 Å². The number of hydrogen-bond donors (Lipinski definition) is 0. The van der Waals surface area contributed by atoms with E-state index >= 15 is 0 Å². The molecular weight excluding hydrogens is 184 g/mol. The van der Waals surface area contributed by atoms with Crippen molar-refractivity contribution in [1.82, 2.24) is 9.97 Å². The van der Waals surface area contributed by atoms with E-state index in [2.05, 4.69) is 41.2 Å². The molecule has 1 radical (unpaired) electrons. The molecule has 0 aliphatic rings. The molecule has 0 amide bonds. The predicted octanol–water partition coefficient (Wildman–Crippen LogP) is 2.91. The lowest BCUT2D eigenvalue weighted by atomic mass is 10.1. The molecule has 1 heterocycles. The van der Waals surface area contributed by atoms with Gasteiger partial charge in [0.25, 0.3) is 0 Å². The van der Waals surface area contributed by atoms with Gasteiger partial charge in [0.2, 0.25) is 0 Å². The van der Waals surface area contributed by atoms with E-state index in [9.17, 15) is 0 Å². The number of aromatic nitrogens is 2. The topological polar surface area (TPSA) is 25.8 Å². The highest BCUT2D eigenvalue weighted by Gasteiger charge is 1.98. The molecule has 0 saturated carbocycles. The van der Waals surface area contributed by atoms with Crippen molar-refractivity contribution in [1.29, 1.82) is 0 Å². The number of aryl methyl sites for hydroxylation is 1. The van der Waals surface area contributed by atoms with Crippen molar-refractivity contribution >= 4 is 0 Å². The number of hydrogen-bond acceptors (Lipinski definition) is 2. The molecule has 0 fully saturated rings. The summed E-state index contributed by atoms with van der Waals surface area (Å²) < 4.78 is 0. The van der Waals surface area contributed by atoms with E-state index in [0.717, 1.165) is 24.2 Å². The van der Waals surface area contributed by atoms with Crippen LogP contribution < -0.4 is 0 Å². The third-order valence-electron chi connectivity index (χ3n) is 2.24. The number of benzene rings is 1. The Balaban J connectivity index is 2.24. The molecule has 1 aromatic carbocycles. The first-order valence-corrected chi connectivity index (χ1v) is 5.06. The minimum absolute atomic E-state index is 0.777. The molecule has 2 aromatic rings. The molecule has 1 aromatic heterocycles. The predicted molar refractivity (Wildman–Crippen MR) is 61.1 cm³/mol. The van der Waals surface area contributed by atoms with Gasteiger partial charge < -0.3 is 0 Å². The van der Waals surface area contributed by atoms with Crippen LogP contribution in [0.4, 0.5) is 0 Å². The Morgan fingerprint density at radius 1 is 1.00 bits per heavy atom. The monoisotopic (exact) mass is 197 g/mol. The van der Waals surface area contributed by atoms with Gasteiger partial charge in [-0.1, -0.05) is 31.2 Å². The Kier molecular flexibility index (Phi) is 3.08. The van der Waals surface area contributed by atoms with Crippen molar-refractivity contribution in [3.05, 3.63) is 55.2 Å². The molecule has 0 aliphatic carbocycles. The van der Waals surface area contributed by atoms with Crippen LogP contribution in [-0.2, 0) is 6.42 Å². The summed E-state index contributed by atoms with van der Waals surface area (Å²) >= 11 is 0. The van der Waals surface area contributed by atoms with E-state index in [4.69, 9.17) is 0 Å². The highest BCUT2D eigenvalue weighted by molar-refractivity contribution is 5.54. The minimum atomic E-state index is 0.777. The third-order valence-corrected chi connectivity index (χ3v) is 2.24. The molecule has 2 heteroatoms. The molecular formula is C13H13N2. The van der Waals surface area contributed by atoms with Gasteiger partial charge in [0, 0.05) is 18.0 Å². The lowest BCUT2D eigenvalue weighted by Crippen LogP contribution is -1.88. The van der Waals surface area contributed by atoms with E-state index in [0.29, 0.717) is 0 Å². The van der Waals surface area contributed by atoms with E-state index in [1.807, 2.05) is 6.07 Å². The average Bonchev–Trinajstić information content (AvgIpc) is 2.32. The zero-order valence-corrected chi connectivity index (χ0v) is 8.56. The number of rotatable bonds is 3. The average molecular weight is 197 g/mol. The first-order valence-electron chi connectivity index (χ1n) is 5.06. The van der Waals surface area contributed by atoms with Crippen LogP contribution in [-0.4, -0.2) is 9.97 Å². The van der Waals surface area contributed by atoms with Gasteiger partial charge >= 0.3 is 0 Å². The maximum atomic E-state index is 4.20. The summed E-state index contributed by atoms with van der Waals surface area (Å²) in [6.45, 7) is 3.84. The first kappa shape index (κ1) is 9.84. The van der Waals surface area contributed by atoms with Crippen molar-refractivity contribution in [2.24, 2.45) is 0 Å². The lowest BCUT2D eigenvalue weighted by molar-refractivity contribution is 0.999. The molecule has 0 N–H and O–H groups in total. The maximum Gasteiger partial charge on any atom is 0.159 e. The smallest absolute Gasteiger partial charge is 0.159 e. The molecule has 0 atom stereocenters. The number of nitrogens with zero attached hydrogens (tertiary/aromatic N) is 2. The van der Waals surface area contributed by atoms with Crippen LogP contribution >= 0.6 is 0 Å². The van der Waals surface area contributed by atoms with Crippen LogP contribution in [0.2, 0.25) is 0 Å². The van der Waals surface area contributed by atoms with Crippen LogP contribution in [0.3, 0.4) is 0 Å². The van der Waals surface area contributed by atoms with Gasteiger partial charge in [-0.2, -0.15) is 0 Å². The Morgan fingerprint density at radius 3 is 2.27 bits per heavy atom. The largest absolute Gasteiger partial charge is 0.237 e. The fourth-order valence-corrected chi connectivity index (χ4v) is 1.47. The summed E-state index contributed by atoms with van der Waals surface area (Å²) in [5.74, 6) is 0.777.